The van der Waals surface area contributed by atoms with E-state index in [1.807, 2.05) is 6.07 Å². The van der Waals surface area contributed by atoms with Crippen molar-refractivity contribution in [1.82, 2.24) is 0 Å². The topological polar surface area (TPSA) is 9.23 Å². The van der Waals surface area contributed by atoms with Crippen molar-refractivity contribution in [1.29, 1.82) is 0 Å². The molecule has 0 amide bonds. The second-order valence-corrected chi connectivity index (χ2v) is 3.87. The number of hydrogen-bond donors (Lipinski definition) is 0. The van der Waals surface area contributed by atoms with Crippen LogP contribution < -0.4 is 4.74 Å². The van der Waals surface area contributed by atoms with Crippen molar-refractivity contribution < 1.29 is 13.5 Å². The van der Waals surface area contributed by atoms with Crippen LogP contribution in [0.3, 0.4) is 0 Å². The summed E-state index contributed by atoms with van der Waals surface area (Å²) in [6, 6.07) is 5.28. The number of rotatable bonds is 4. The fourth-order valence-electron chi connectivity index (χ4n) is 1.85. The molecule has 1 saturated carbocycles. The van der Waals surface area contributed by atoms with Gasteiger partial charge in [-0.25, -0.2) is 0 Å². The maximum atomic E-state index is 12.0. The average molecular weight is 212 g/mol. The number of benzene rings is 1. The molecule has 0 atom stereocenters. The number of alkyl halides is 2. The molecule has 0 N–H and O–H groups in total. The Morgan fingerprint density at radius 2 is 2.13 bits per heavy atom. The summed E-state index contributed by atoms with van der Waals surface area (Å²) in [7, 11) is 0. The van der Waals surface area contributed by atoms with Gasteiger partial charge in [-0.05, 0) is 48.4 Å². The monoisotopic (exact) mass is 212 g/mol. The zero-order valence-corrected chi connectivity index (χ0v) is 8.67. The first-order chi connectivity index (χ1) is 7.20. The highest BCUT2D eigenvalue weighted by Gasteiger charge is 2.26. The van der Waals surface area contributed by atoms with Crippen molar-refractivity contribution in [3.8, 4) is 5.75 Å². The van der Waals surface area contributed by atoms with Crippen LogP contribution in [-0.4, -0.2) is 6.61 Å². The zero-order chi connectivity index (χ0) is 10.8. The van der Waals surface area contributed by atoms with Gasteiger partial charge in [0.1, 0.15) is 5.75 Å². The standard InChI is InChI=1S/C12H14F2O/c1-2-8-5-6-10(15-12(13)14)7-11(8)9-3-4-9/h5-7,9,12H,2-4H2,1H3. The van der Waals surface area contributed by atoms with Crippen LogP contribution >= 0.6 is 0 Å². The molecule has 0 heterocycles. The lowest BCUT2D eigenvalue weighted by atomic mass is 10.0. The second-order valence-electron chi connectivity index (χ2n) is 3.87. The van der Waals surface area contributed by atoms with Gasteiger partial charge >= 0.3 is 6.61 Å². The average Bonchev–Trinajstić information content (AvgIpc) is 3.00. The molecule has 0 bridgehead atoms. The van der Waals surface area contributed by atoms with E-state index in [1.54, 1.807) is 12.1 Å². The van der Waals surface area contributed by atoms with Crippen LogP contribution in [0.5, 0.6) is 5.75 Å². The predicted molar refractivity (Wildman–Crippen MR) is 54.4 cm³/mol. The van der Waals surface area contributed by atoms with Gasteiger partial charge in [-0.3, -0.25) is 0 Å². The number of aryl methyl sites for hydroxylation is 1. The third-order valence-corrected chi connectivity index (χ3v) is 2.74. The molecule has 3 heteroatoms. The van der Waals surface area contributed by atoms with Crippen LogP contribution in [0.25, 0.3) is 0 Å². The molecule has 0 radical (unpaired) electrons. The first kappa shape index (κ1) is 10.4. The lowest BCUT2D eigenvalue weighted by Gasteiger charge is -2.10. The summed E-state index contributed by atoms with van der Waals surface area (Å²) in [6.45, 7) is -0.654. The quantitative estimate of drug-likeness (QED) is 0.739. The molecule has 82 valence electrons. The Labute approximate surface area is 88.1 Å². The van der Waals surface area contributed by atoms with E-state index in [2.05, 4.69) is 11.7 Å². The van der Waals surface area contributed by atoms with Crippen LogP contribution in [0.4, 0.5) is 8.78 Å². The molecule has 0 unspecified atom stereocenters. The van der Waals surface area contributed by atoms with E-state index in [0.717, 1.165) is 6.42 Å². The summed E-state index contributed by atoms with van der Waals surface area (Å²) < 4.78 is 28.5. The zero-order valence-electron chi connectivity index (χ0n) is 8.67. The third kappa shape index (κ3) is 2.46. The maximum absolute atomic E-state index is 12.0. The SMILES string of the molecule is CCc1ccc(OC(F)F)cc1C1CC1. The molecule has 0 aliphatic heterocycles. The van der Waals surface area contributed by atoms with Gasteiger partial charge in [0.25, 0.3) is 0 Å². The summed E-state index contributed by atoms with van der Waals surface area (Å²) >= 11 is 0. The minimum Gasteiger partial charge on any atom is -0.435 e. The fourth-order valence-corrected chi connectivity index (χ4v) is 1.85. The van der Waals surface area contributed by atoms with E-state index in [4.69, 9.17) is 0 Å². The molecule has 1 aliphatic rings. The van der Waals surface area contributed by atoms with Gasteiger partial charge in [-0.2, -0.15) is 8.78 Å². The maximum Gasteiger partial charge on any atom is 0.387 e. The first-order valence-corrected chi connectivity index (χ1v) is 5.28. The summed E-state index contributed by atoms with van der Waals surface area (Å²) in [6.07, 6.45) is 3.29. The van der Waals surface area contributed by atoms with E-state index in [0.29, 0.717) is 5.92 Å². The van der Waals surface area contributed by atoms with E-state index >= 15 is 0 Å². The normalized spacial score (nSPS) is 15.7. The summed E-state index contributed by atoms with van der Waals surface area (Å²) in [5, 5.41) is 0. The van der Waals surface area contributed by atoms with Gasteiger partial charge in [-0.1, -0.05) is 13.0 Å². The largest absolute Gasteiger partial charge is 0.435 e. The molecule has 0 spiro atoms. The lowest BCUT2D eigenvalue weighted by molar-refractivity contribution is -0.0498. The summed E-state index contributed by atoms with van der Waals surface area (Å²) in [5.41, 5.74) is 2.44. The highest BCUT2D eigenvalue weighted by molar-refractivity contribution is 5.39. The Hall–Kier alpha value is -1.12. The van der Waals surface area contributed by atoms with Crippen molar-refractivity contribution in [2.45, 2.75) is 38.7 Å². The van der Waals surface area contributed by atoms with Crippen molar-refractivity contribution in [2.24, 2.45) is 0 Å². The molecule has 1 aromatic carbocycles. The predicted octanol–water partition coefficient (Wildman–Crippen LogP) is 3.73. The Bertz CT molecular complexity index is 345. The van der Waals surface area contributed by atoms with Crippen molar-refractivity contribution in [3.63, 3.8) is 0 Å². The second kappa shape index (κ2) is 4.17. The molecule has 2 rings (SSSR count). The molecule has 0 saturated heterocycles. The van der Waals surface area contributed by atoms with E-state index in [1.165, 1.54) is 24.0 Å². The molecule has 0 aromatic heterocycles. The highest BCUT2D eigenvalue weighted by Crippen LogP contribution is 2.43. The van der Waals surface area contributed by atoms with Crippen LogP contribution in [0.1, 0.15) is 36.8 Å². The summed E-state index contributed by atoms with van der Waals surface area (Å²) in [4.78, 5) is 0. The van der Waals surface area contributed by atoms with Gasteiger partial charge in [0.05, 0.1) is 0 Å². The van der Waals surface area contributed by atoms with Crippen molar-refractivity contribution in [2.75, 3.05) is 0 Å². The third-order valence-electron chi connectivity index (χ3n) is 2.74. The van der Waals surface area contributed by atoms with Crippen LogP contribution in [0.2, 0.25) is 0 Å². The Balaban J connectivity index is 2.24. The van der Waals surface area contributed by atoms with Crippen molar-refractivity contribution in [3.05, 3.63) is 29.3 Å². The Morgan fingerprint density at radius 3 is 2.67 bits per heavy atom. The fraction of sp³-hybridized carbons (Fsp3) is 0.500. The molecule has 1 aliphatic carbocycles. The van der Waals surface area contributed by atoms with Crippen LogP contribution in [0, 0.1) is 0 Å². The Morgan fingerprint density at radius 1 is 1.40 bits per heavy atom. The molecule has 1 aromatic rings. The minimum absolute atomic E-state index is 0.282. The molecular formula is C12H14F2O. The molecular weight excluding hydrogens is 198 g/mol. The molecule has 15 heavy (non-hydrogen) atoms. The number of halogens is 2. The number of hydrogen-bond acceptors (Lipinski definition) is 1. The van der Waals surface area contributed by atoms with Gasteiger partial charge in [-0.15, -0.1) is 0 Å². The van der Waals surface area contributed by atoms with Gasteiger partial charge < -0.3 is 4.74 Å². The highest BCUT2D eigenvalue weighted by atomic mass is 19.3. The van der Waals surface area contributed by atoms with Gasteiger partial charge in [0.2, 0.25) is 0 Å². The lowest BCUT2D eigenvalue weighted by Crippen LogP contribution is -2.03. The Kier molecular flexibility index (Phi) is 2.89. The summed E-state index contributed by atoms with van der Waals surface area (Å²) in [5.74, 6) is 0.852. The van der Waals surface area contributed by atoms with Gasteiger partial charge in [0.15, 0.2) is 0 Å². The van der Waals surface area contributed by atoms with Gasteiger partial charge in [0, 0.05) is 0 Å². The first-order valence-electron chi connectivity index (χ1n) is 5.28. The van der Waals surface area contributed by atoms with Crippen LogP contribution in [-0.2, 0) is 6.42 Å². The van der Waals surface area contributed by atoms with Crippen molar-refractivity contribution >= 4 is 0 Å². The smallest absolute Gasteiger partial charge is 0.387 e. The van der Waals surface area contributed by atoms with Crippen LogP contribution in [0.15, 0.2) is 18.2 Å². The van der Waals surface area contributed by atoms with E-state index in [9.17, 15) is 8.78 Å². The number of ether oxygens (including phenoxy) is 1. The molecule has 1 fully saturated rings. The van der Waals surface area contributed by atoms with E-state index < -0.39 is 6.61 Å². The minimum atomic E-state index is -2.73. The molecule has 1 nitrogen and oxygen atoms in total. The van der Waals surface area contributed by atoms with E-state index in [-0.39, 0.29) is 5.75 Å².